The van der Waals surface area contributed by atoms with Crippen LogP contribution in [0, 0.1) is 0 Å². The number of aromatic nitrogens is 2. The van der Waals surface area contributed by atoms with E-state index < -0.39 is 0 Å². The average Bonchev–Trinajstić information content (AvgIpc) is 3.22. The molecule has 2 amide bonds. The van der Waals surface area contributed by atoms with Crippen LogP contribution in [0.4, 0.5) is 5.82 Å². The van der Waals surface area contributed by atoms with Crippen molar-refractivity contribution < 1.29 is 9.59 Å². The summed E-state index contributed by atoms with van der Waals surface area (Å²) in [4.78, 5) is 33.1. The van der Waals surface area contributed by atoms with Crippen LogP contribution >= 0.6 is 22.7 Å². The first-order valence-corrected chi connectivity index (χ1v) is 9.24. The molecule has 0 saturated carbocycles. The summed E-state index contributed by atoms with van der Waals surface area (Å²) in [6.45, 7) is 3.48. The molecule has 128 valence electrons. The van der Waals surface area contributed by atoms with Gasteiger partial charge < -0.3 is 10.6 Å². The van der Waals surface area contributed by atoms with E-state index in [-0.39, 0.29) is 11.8 Å². The van der Waals surface area contributed by atoms with E-state index in [9.17, 15) is 9.59 Å². The van der Waals surface area contributed by atoms with Crippen molar-refractivity contribution in [1.29, 1.82) is 0 Å². The molecule has 0 spiro atoms. The maximum atomic E-state index is 11.2. The summed E-state index contributed by atoms with van der Waals surface area (Å²) in [5.74, 6) is 0.309. The zero-order valence-corrected chi connectivity index (χ0v) is 15.3. The van der Waals surface area contributed by atoms with Gasteiger partial charge in [0.25, 0.3) is 0 Å². The Kier molecular flexibility index (Phi) is 5.20. The molecule has 3 heterocycles. The quantitative estimate of drug-likeness (QED) is 0.718. The number of carbonyl (C=O) groups is 2. The van der Waals surface area contributed by atoms with Crippen molar-refractivity contribution in [3.63, 3.8) is 0 Å². The molecule has 0 aliphatic rings. The summed E-state index contributed by atoms with van der Waals surface area (Å²) in [6, 6.07) is 7.68. The van der Waals surface area contributed by atoms with Gasteiger partial charge in [-0.1, -0.05) is 0 Å². The lowest BCUT2D eigenvalue weighted by Crippen LogP contribution is -2.17. The standard InChI is InChI=1S/C17H16N4O2S2/c1-10(22)19-8-13-3-4-15(25-13)14-9-24-17(21-14)12-5-6-18-16(7-12)20-11(2)23/h3-7,9H,8H2,1-2H3,(H,19,22)(H,18,20,23). The maximum Gasteiger partial charge on any atom is 0.222 e. The highest BCUT2D eigenvalue weighted by molar-refractivity contribution is 7.16. The lowest BCUT2D eigenvalue weighted by Gasteiger charge is -2.02. The highest BCUT2D eigenvalue weighted by atomic mass is 32.1. The van der Waals surface area contributed by atoms with Crippen molar-refractivity contribution in [3.05, 3.63) is 40.7 Å². The molecular formula is C17H16N4O2S2. The first-order chi connectivity index (χ1) is 12.0. The Morgan fingerprint density at radius 3 is 2.76 bits per heavy atom. The topological polar surface area (TPSA) is 84.0 Å². The van der Waals surface area contributed by atoms with Crippen LogP contribution in [0.25, 0.3) is 21.1 Å². The monoisotopic (exact) mass is 372 g/mol. The van der Waals surface area contributed by atoms with Gasteiger partial charge in [-0.2, -0.15) is 0 Å². The second-order valence-corrected chi connectivity index (χ2v) is 7.35. The van der Waals surface area contributed by atoms with E-state index in [1.165, 1.54) is 25.2 Å². The Bertz CT molecular complexity index is 917. The molecule has 0 unspecified atom stereocenters. The van der Waals surface area contributed by atoms with E-state index in [2.05, 4.69) is 20.6 Å². The number of nitrogens with zero attached hydrogens (tertiary/aromatic N) is 2. The van der Waals surface area contributed by atoms with Crippen LogP contribution < -0.4 is 10.6 Å². The first-order valence-electron chi connectivity index (χ1n) is 7.54. The van der Waals surface area contributed by atoms with E-state index in [0.717, 1.165) is 26.0 Å². The minimum Gasteiger partial charge on any atom is -0.351 e. The zero-order chi connectivity index (χ0) is 17.8. The Labute approximate surface area is 153 Å². The van der Waals surface area contributed by atoms with Crippen molar-refractivity contribution in [2.75, 3.05) is 5.32 Å². The van der Waals surface area contributed by atoms with Gasteiger partial charge in [-0.15, -0.1) is 22.7 Å². The number of anilines is 1. The molecule has 3 aromatic rings. The summed E-state index contributed by atoms with van der Waals surface area (Å²) in [7, 11) is 0. The minimum absolute atomic E-state index is 0.0430. The van der Waals surface area contributed by atoms with Crippen molar-refractivity contribution in [1.82, 2.24) is 15.3 Å². The summed E-state index contributed by atoms with van der Waals surface area (Å²) in [5.41, 5.74) is 1.81. The van der Waals surface area contributed by atoms with Crippen molar-refractivity contribution >= 4 is 40.3 Å². The molecule has 3 rings (SSSR count). The van der Waals surface area contributed by atoms with Gasteiger partial charge in [0.2, 0.25) is 11.8 Å². The zero-order valence-electron chi connectivity index (χ0n) is 13.7. The SMILES string of the molecule is CC(=O)NCc1ccc(-c2csc(-c3ccnc(NC(C)=O)c3)n2)s1. The van der Waals surface area contributed by atoms with E-state index in [0.29, 0.717) is 12.4 Å². The van der Waals surface area contributed by atoms with Crippen molar-refractivity contribution in [2.24, 2.45) is 0 Å². The molecule has 25 heavy (non-hydrogen) atoms. The molecule has 0 bridgehead atoms. The van der Waals surface area contributed by atoms with Crippen molar-refractivity contribution in [2.45, 2.75) is 20.4 Å². The molecule has 0 aliphatic heterocycles. The predicted octanol–water partition coefficient (Wildman–Crippen LogP) is 3.53. The molecule has 3 aromatic heterocycles. The summed E-state index contributed by atoms with van der Waals surface area (Å²) >= 11 is 3.15. The second kappa shape index (κ2) is 7.54. The molecular weight excluding hydrogens is 356 g/mol. The van der Waals surface area contributed by atoms with Crippen LogP contribution in [0.1, 0.15) is 18.7 Å². The summed E-state index contributed by atoms with van der Waals surface area (Å²) in [6.07, 6.45) is 1.65. The highest BCUT2D eigenvalue weighted by Crippen LogP contribution is 2.33. The fourth-order valence-electron chi connectivity index (χ4n) is 2.15. The lowest BCUT2D eigenvalue weighted by molar-refractivity contribution is -0.119. The van der Waals surface area contributed by atoms with Crippen LogP contribution in [0.5, 0.6) is 0 Å². The summed E-state index contributed by atoms with van der Waals surface area (Å²) < 4.78 is 0. The molecule has 0 saturated heterocycles. The maximum absolute atomic E-state index is 11.2. The normalized spacial score (nSPS) is 10.5. The number of carbonyl (C=O) groups excluding carboxylic acids is 2. The predicted molar refractivity (Wildman–Crippen MR) is 100 cm³/mol. The highest BCUT2D eigenvalue weighted by Gasteiger charge is 2.10. The van der Waals surface area contributed by atoms with Crippen LogP contribution in [0.2, 0.25) is 0 Å². The van der Waals surface area contributed by atoms with Crippen molar-refractivity contribution in [3.8, 4) is 21.1 Å². The second-order valence-electron chi connectivity index (χ2n) is 5.32. The number of hydrogen-bond acceptors (Lipinski definition) is 6. The van der Waals surface area contributed by atoms with Gasteiger partial charge in [-0.3, -0.25) is 9.59 Å². The van der Waals surface area contributed by atoms with Gasteiger partial charge in [0.1, 0.15) is 10.8 Å². The molecule has 0 fully saturated rings. The molecule has 0 aromatic carbocycles. The molecule has 8 heteroatoms. The third kappa shape index (κ3) is 4.49. The smallest absolute Gasteiger partial charge is 0.222 e. The number of pyridine rings is 1. The Morgan fingerprint density at radius 2 is 2.00 bits per heavy atom. The van der Waals surface area contributed by atoms with E-state index in [1.807, 2.05) is 23.6 Å². The van der Waals surface area contributed by atoms with Crippen LogP contribution in [-0.4, -0.2) is 21.8 Å². The van der Waals surface area contributed by atoms with Gasteiger partial charge in [-0.25, -0.2) is 9.97 Å². The first kappa shape index (κ1) is 17.2. The molecule has 0 atom stereocenters. The number of nitrogens with one attached hydrogen (secondary N) is 2. The van der Waals surface area contributed by atoms with Crippen LogP contribution in [-0.2, 0) is 16.1 Å². The Morgan fingerprint density at radius 1 is 1.16 bits per heavy atom. The number of rotatable bonds is 5. The molecule has 0 aliphatic carbocycles. The van der Waals surface area contributed by atoms with Crippen LogP contribution in [0.15, 0.2) is 35.8 Å². The van der Waals surface area contributed by atoms with Gasteiger partial charge in [0.05, 0.1) is 17.1 Å². The van der Waals surface area contributed by atoms with E-state index in [1.54, 1.807) is 23.6 Å². The Balaban J connectivity index is 1.78. The third-order valence-electron chi connectivity index (χ3n) is 3.24. The molecule has 0 radical (unpaired) electrons. The largest absolute Gasteiger partial charge is 0.351 e. The van der Waals surface area contributed by atoms with Gasteiger partial charge in [0, 0.05) is 35.9 Å². The molecule has 2 N–H and O–H groups in total. The average molecular weight is 372 g/mol. The molecule has 6 nitrogen and oxygen atoms in total. The Hall–Kier alpha value is -2.58. The van der Waals surface area contributed by atoms with E-state index >= 15 is 0 Å². The number of thiophene rings is 1. The third-order valence-corrected chi connectivity index (χ3v) is 5.24. The van der Waals surface area contributed by atoms with Crippen LogP contribution in [0.3, 0.4) is 0 Å². The fraction of sp³-hybridized carbons (Fsp3) is 0.176. The number of hydrogen-bond donors (Lipinski definition) is 2. The van der Waals surface area contributed by atoms with Gasteiger partial charge >= 0.3 is 0 Å². The van der Waals surface area contributed by atoms with Gasteiger partial charge in [0.15, 0.2) is 0 Å². The lowest BCUT2D eigenvalue weighted by atomic mass is 10.2. The number of thiazole rings is 1. The fourth-order valence-corrected chi connectivity index (χ4v) is 3.95. The van der Waals surface area contributed by atoms with E-state index in [4.69, 9.17) is 0 Å². The number of amides is 2. The van der Waals surface area contributed by atoms with Gasteiger partial charge in [-0.05, 0) is 24.3 Å². The summed E-state index contributed by atoms with van der Waals surface area (Å²) in [5, 5.41) is 8.33. The minimum atomic E-state index is -0.158.